The molecule has 1 amide bonds. The monoisotopic (exact) mass is 449 g/mol. The minimum Gasteiger partial charge on any atom is -0.493 e. The highest BCUT2D eigenvalue weighted by atomic mass is 35.5. The SMILES string of the molecule is C=CC(=O)NC1CC(Oc2cc3c(Nc4ccc(C#N)c(Cl)c4)ncnc3cc2OC)C1. The normalized spacial score (nSPS) is 17.0. The Bertz CT molecular complexity index is 1230. The molecular formula is C23H20ClN5O3. The summed E-state index contributed by atoms with van der Waals surface area (Å²) in [5.41, 5.74) is 1.76. The minimum atomic E-state index is -0.187. The van der Waals surface area contributed by atoms with Crippen LogP contribution in [-0.4, -0.2) is 35.1 Å². The summed E-state index contributed by atoms with van der Waals surface area (Å²) in [6.45, 7) is 3.46. The van der Waals surface area contributed by atoms with Crippen molar-refractivity contribution in [1.29, 1.82) is 5.26 Å². The maximum absolute atomic E-state index is 11.4. The lowest BCUT2D eigenvalue weighted by Gasteiger charge is -2.35. The first kappa shape index (κ1) is 21.4. The molecule has 2 N–H and O–H groups in total. The number of ether oxygens (including phenoxy) is 2. The van der Waals surface area contributed by atoms with E-state index in [9.17, 15) is 4.79 Å². The maximum atomic E-state index is 11.4. The summed E-state index contributed by atoms with van der Waals surface area (Å²) < 4.78 is 11.6. The van der Waals surface area contributed by atoms with Gasteiger partial charge in [-0.2, -0.15) is 5.26 Å². The molecule has 0 spiro atoms. The molecule has 0 atom stereocenters. The smallest absolute Gasteiger partial charge is 0.243 e. The standard InChI is InChI=1S/C23H20ClN5O3/c1-3-22(30)28-15-6-16(7-15)32-21-9-17-19(10-20(21)31-2)26-12-27-23(17)29-14-5-4-13(11-25)18(24)8-14/h3-5,8-10,12,15-16H,1,6-7H2,2H3,(H,28,30)(H,26,27,29). The van der Waals surface area contributed by atoms with Crippen molar-refractivity contribution in [1.82, 2.24) is 15.3 Å². The zero-order valence-electron chi connectivity index (χ0n) is 17.3. The highest BCUT2D eigenvalue weighted by Gasteiger charge is 2.32. The summed E-state index contributed by atoms with van der Waals surface area (Å²) in [4.78, 5) is 20.1. The number of benzene rings is 2. The van der Waals surface area contributed by atoms with Crippen molar-refractivity contribution in [2.75, 3.05) is 12.4 Å². The second-order valence-electron chi connectivity index (χ2n) is 7.29. The third-order valence-corrected chi connectivity index (χ3v) is 5.51. The average Bonchev–Trinajstić information content (AvgIpc) is 2.77. The Hall–Kier alpha value is -3.83. The van der Waals surface area contributed by atoms with Gasteiger partial charge in [-0.1, -0.05) is 18.2 Å². The molecule has 8 nitrogen and oxygen atoms in total. The number of anilines is 2. The van der Waals surface area contributed by atoms with Crippen molar-refractivity contribution in [2.24, 2.45) is 0 Å². The highest BCUT2D eigenvalue weighted by Crippen LogP contribution is 2.37. The van der Waals surface area contributed by atoms with Crippen molar-refractivity contribution in [3.8, 4) is 17.6 Å². The van der Waals surface area contributed by atoms with Crippen LogP contribution in [0, 0.1) is 11.3 Å². The van der Waals surface area contributed by atoms with E-state index in [0.717, 1.165) is 5.39 Å². The molecule has 1 saturated carbocycles. The molecule has 4 rings (SSSR count). The fraction of sp³-hybridized carbons (Fsp3) is 0.217. The molecule has 2 aromatic carbocycles. The molecule has 3 aromatic rings. The van der Waals surface area contributed by atoms with E-state index in [1.807, 2.05) is 12.1 Å². The highest BCUT2D eigenvalue weighted by molar-refractivity contribution is 6.32. The molecule has 0 radical (unpaired) electrons. The lowest BCUT2D eigenvalue weighted by Crippen LogP contribution is -2.48. The Kier molecular flexibility index (Phi) is 6.10. The van der Waals surface area contributed by atoms with Gasteiger partial charge in [0.15, 0.2) is 11.5 Å². The van der Waals surface area contributed by atoms with Crippen molar-refractivity contribution in [2.45, 2.75) is 25.0 Å². The van der Waals surface area contributed by atoms with Crippen molar-refractivity contribution in [3.63, 3.8) is 0 Å². The summed E-state index contributed by atoms with van der Waals surface area (Å²) in [5, 5.41) is 16.2. The first-order chi connectivity index (χ1) is 15.5. The first-order valence-corrected chi connectivity index (χ1v) is 10.3. The zero-order valence-corrected chi connectivity index (χ0v) is 18.0. The number of halogens is 1. The van der Waals surface area contributed by atoms with E-state index in [0.29, 0.717) is 51.9 Å². The molecule has 1 fully saturated rings. The molecule has 32 heavy (non-hydrogen) atoms. The minimum absolute atomic E-state index is 0.0464. The van der Waals surface area contributed by atoms with Gasteiger partial charge in [0.2, 0.25) is 5.91 Å². The number of nitrogens with one attached hydrogen (secondary N) is 2. The van der Waals surface area contributed by atoms with Crippen LogP contribution < -0.4 is 20.1 Å². The molecule has 0 bridgehead atoms. The predicted molar refractivity (Wildman–Crippen MR) is 121 cm³/mol. The number of fused-ring (bicyclic) bond motifs is 1. The number of nitrogens with zero attached hydrogens (tertiary/aromatic N) is 3. The molecule has 162 valence electrons. The second kappa shape index (κ2) is 9.12. The van der Waals surface area contributed by atoms with Crippen LogP contribution >= 0.6 is 11.6 Å². The van der Waals surface area contributed by atoms with Crippen LogP contribution in [0.15, 0.2) is 49.3 Å². The summed E-state index contributed by atoms with van der Waals surface area (Å²) >= 11 is 6.15. The number of rotatable bonds is 7. The number of methoxy groups -OCH3 is 1. The first-order valence-electron chi connectivity index (χ1n) is 9.89. The Balaban J connectivity index is 1.58. The van der Waals surface area contributed by atoms with Gasteiger partial charge in [0.05, 0.1) is 23.2 Å². The summed E-state index contributed by atoms with van der Waals surface area (Å²) in [5.74, 6) is 1.50. The number of aromatic nitrogens is 2. The van der Waals surface area contributed by atoms with Crippen molar-refractivity contribution in [3.05, 3.63) is 59.9 Å². The Labute approximate surface area is 189 Å². The topological polar surface area (TPSA) is 109 Å². The van der Waals surface area contributed by atoms with Crippen molar-refractivity contribution < 1.29 is 14.3 Å². The van der Waals surface area contributed by atoms with Crippen LogP contribution in [0.4, 0.5) is 11.5 Å². The summed E-state index contributed by atoms with van der Waals surface area (Å²) in [6.07, 6.45) is 4.06. The molecule has 0 saturated heterocycles. The Morgan fingerprint density at radius 2 is 2.09 bits per heavy atom. The van der Waals surface area contributed by atoms with Crippen LogP contribution in [0.5, 0.6) is 11.5 Å². The summed E-state index contributed by atoms with van der Waals surface area (Å²) in [7, 11) is 1.57. The van der Waals surface area contributed by atoms with E-state index in [2.05, 4.69) is 27.2 Å². The predicted octanol–water partition coefficient (Wildman–Crippen LogP) is 4.12. The fourth-order valence-electron chi connectivity index (χ4n) is 3.45. The van der Waals surface area contributed by atoms with E-state index < -0.39 is 0 Å². The molecular weight excluding hydrogens is 430 g/mol. The van der Waals surface area contributed by atoms with Crippen LogP contribution in [-0.2, 0) is 4.79 Å². The third kappa shape index (κ3) is 4.43. The third-order valence-electron chi connectivity index (χ3n) is 5.19. The van der Waals surface area contributed by atoms with Gasteiger partial charge in [0.1, 0.15) is 24.3 Å². The van der Waals surface area contributed by atoms with E-state index in [1.54, 1.807) is 31.4 Å². The van der Waals surface area contributed by atoms with E-state index >= 15 is 0 Å². The van der Waals surface area contributed by atoms with E-state index in [1.165, 1.54) is 12.4 Å². The second-order valence-corrected chi connectivity index (χ2v) is 7.70. The zero-order chi connectivity index (χ0) is 22.7. The van der Waals surface area contributed by atoms with Gasteiger partial charge in [-0.15, -0.1) is 0 Å². The Morgan fingerprint density at radius 1 is 1.28 bits per heavy atom. The number of carbonyl (C=O) groups is 1. The van der Waals surface area contributed by atoms with Gasteiger partial charge >= 0.3 is 0 Å². The van der Waals surface area contributed by atoms with Crippen LogP contribution in [0.2, 0.25) is 5.02 Å². The molecule has 1 heterocycles. The van der Waals surface area contributed by atoms with Gasteiger partial charge in [-0.3, -0.25) is 4.79 Å². The lowest BCUT2D eigenvalue weighted by atomic mass is 9.89. The maximum Gasteiger partial charge on any atom is 0.243 e. The van der Waals surface area contributed by atoms with Gasteiger partial charge in [0, 0.05) is 36.0 Å². The molecule has 1 aliphatic rings. The Morgan fingerprint density at radius 3 is 2.78 bits per heavy atom. The number of amides is 1. The molecule has 1 aliphatic carbocycles. The van der Waals surface area contributed by atoms with Gasteiger partial charge < -0.3 is 20.1 Å². The largest absolute Gasteiger partial charge is 0.493 e. The fourth-order valence-corrected chi connectivity index (χ4v) is 3.68. The number of hydrogen-bond acceptors (Lipinski definition) is 7. The van der Waals surface area contributed by atoms with E-state index in [-0.39, 0.29) is 18.1 Å². The average molecular weight is 450 g/mol. The number of carbonyl (C=O) groups excluding carboxylic acids is 1. The lowest BCUT2D eigenvalue weighted by molar-refractivity contribution is -0.118. The van der Waals surface area contributed by atoms with Crippen molar-refractivity contribution >= 4 is 39.9 Å². The van der Waals surface area contributed by atoms with Gasteiger partial charge in [0.25, 0.3) is 0 Å². The van der Waals surface area contributed by atoms with Gasteiger partial charge in [-0.05, 0) is 30.3 Å². The van der Waals surface area contributed by atoms with Gasteiger partial charge in [-0.25, -0.2) is 9.97 Å². The molecule has 0 unspecified atom stereocenters. The van der Waals surface area contributed by atoms with Crippen LogP contribution in [0.25, 0.3) is 10.9 Å². The summed E-state index contributed by atoms with van der Waals surface area (Å²) in [6, 6.07) is 10.8. The molecule has 9 heteroatoms. The number of hydrogen-bond donors (Lipinski definition) is 2. The number of nitriles is 1. The van der Waals surface area contributed by atoms with E-state index in [4.69, 9.17) is 26.3 Å². The molecule has 1 aromatic heterocycles. The van der Waals surface area contributed by atoms with Crippen LogP contribution in [0.3, 0.4) is 0 Å². The van der Waals surface area contributed by atoms with Crippen LogP contribution in [0.1, 0.15) is 18.4 Å². The molecule has 0 aliphatic heterocycles. The quantitative estimate of drug-likeness (QED) is 0.522.